The number of aliphatic hydroxyl groups is 1. The van der Waals surface area contributed by atoms with Crippen LogP contribution in [-0.4, -0.2) is 42.3 Å². The van der Waals surface area contributed by atoms with E-state index in [4.69, 9.17) is 15.9 Å². The van der Waals surface area contributed by atoms with Gasteiger partial charge < -0.3 is 20.3 Å². The molecule has 0 aliphatic heterocycles. The summed E-state index contributed by atoms with van der Waals surface area (Å²) >= 11 is 0. The molecule has 228 valence electrons. The minimum atomic E-state index is -1.14. The number of primary amides is 1. The zero-order chi connectivity index (χ0) is 29.4. The lowest BCUT2D eigenvalue weighted by Crippen LogP contribution is -2.27. The van der Waals surface area contributed by atoms with Gasteiger partial charge in [-0.05, 0) is 125 Å². The van der Waals surface area contributed by atoms with E-state index in [1.165, 1.54) is 6.92 Å². The second kappa shape index (κ2) is 27.3. The Morgan fingerprint density at radius 1 is 0.718 bits per heavy atom. The minimum absolute atomic E-state index is 0. The number of carbonyl (C=O) groups is 3. The fraction of sp³-hybridized carbons (Fsp3) is 0.156. The molecule has 0 aliphatic carbocycles. The lowest BCUT2D eigenvalue weighted by atomic mass is 10.4. The molecule has 1 atom stereocenters. The molecule has 0 aromatic rings. The maximum absolute atomic E-state index is 11.6. The maximum atomic E-state index is 11.6. The molecule has 0 fully saturated rings. The highest BCUT2D eigenvalue weighted by atomic mass is 16.6. The van der Waals surface area contributed by atoms with E-state index >= 15 is 0 Å². The molecule has 0 spiro atoms. The Morgan fingerprint density at radius 3 is 1.46 bits per heavy atom. The Labute approximate surface area is 261 Å². The molecule has 0 saturated heterocycles. The van der Waals surface area contributed by atoms with Crippen LogP contribution < -0.4 is 5.73 Å². The van der Waals surface area contributed by atoms with Crippen molar-refractivity contribution in [2.24, 2.45) is 5.73 Å². The highest BCUT2D eigenvalue weighted by molar-refractivity contribution is 5.90. The normalized spacial score (nSPS) is 6.62. The molecule has 0 heterocycles. The van der Waals surface area contributed by atoms with E-state index in [1.807, 2.05) is 0 Å². The summed E-state index contributed by atoms with van der Waals surface area (Å²) < 4.78 is 9.59. The number of rotatable bonds is 4. The van der Waals surface area contributed by atoms with Gasteiger partial charge in [0, 0.05) is 50.2 Å². The number of hydrogen-bond donors (Lipinski definition) is 2. The van der Waals surface area contributed by atoms with Crippen molar-refractivity contribution in [1.82, 2.24) is 0 Å². The number of hydrogen-bond acceptors (Lipinski definition) is 6. The van der Waals surface area contributed by atoms with Crippen molar-refractivity contribution in [2.45, 2.75) is 20.0 Å². The molecule has 0 aromatic carbocycles. The minimum Gasteiger partial charge on any atom is -0.452 e. The number of esters is 2. The van der Waals surface area contributed by atoms with Crippen molar-refractivity contribution in [3.8, 4) is 143 Å². The quantitative estimate of drug-likeness (QED) is 0.309. The van der Waals surface area contributed by atoms with Gasteiger partial charge in [0.15, 0.2) is 6.10 Å². The predicted octanol–water partition coefficient (Wildman–Crippen LogP) is 4.03. The Hall–Kier alpha value is -6.91. The predicted molar refractivity (Wildman–Crippen MR) is 189 cm³/mol. The summed E-state index contributed by atoms with van der Waals surface area (Å²) in [5.74, 6) is 51.6. The fourth-order valence-corrected chi connectivity index (χ4v) is 1.24. The van der Waals surface area contributed by atoms with Gasteiger partial charge in [0.2, 0.25) is 5.91 Å². The van der Waals surface area contributed by atoms with Crippen LogP contribution in [0.15, 0.2) is 0 Å². The van der Waals surface area contributed by atoms with Crippen LogP contribution >= 0.6 is 0 Å². The van der Waals surface area contributed by atoms with Gasteiger partial charge in [-0.15, -0.1) is 6.42 Å². The molecule has 39 heavy (non-hydrogen) atoms. The molecule has 7 nitrogen and oxygen atoms in total. The van der Waals surface area contributed by atoms with E-state index < -0.39 is 31.3 Å². The van der Waals surface area contributed by atoms with Crippen LogP contribution in [0.25, 0.3) is 0 Å². The van der Waals surface area contributed by atoms with Gasteiger partial charge >= 0.3 is 11.9 Å². The van der Waals surface area contributed by atoms with Crippen molar-refractivity contribution in [2.75, 3.05) is 13.2 Å². The van der Waals surface area contributed by atoms with Crippen LogP contribution in [-0.2, 0) is 23.9 Å². The molecule has 0 bridgehead atoms. The van der Waals surface area contributed by atoms with E-state index in [2.05, 4.69) is 142 Å². The van der Waals surface area contributed by atoms with E-state index in [0.29, 0.717) is 0 Å². The van der Waals surface area contributed by atoms with Gasteiger partial charge in [-0.1, -0.05) is 5.92 Å². The van der Waals surface area contributed by atoms with Gasteiger partial charge in [-0.25, -0.2) is 9.59 Å². The molecular formula is C32H59NO6. The number of ether oxygens (including phenoxy) is 2. The Kier molecular flexibility index (Phi) is 24.0. The first-order chi connectivity index (χ1) is 18.9. The average molecular weight is 554 g/mol. The Bertz CT molecular complexity index is 1730. The summed E-state index contributed by atoms with van der Waals surface area (Å²) in [6.45, 7) is 1.90. The van der Waals surface area contributed by atoms with Gasteiger partial charge in [0.1, 0.15) is 6.61 Å². The Balaban J connectivity index is -0.0000000229. The van der Waals surface area contributed by atoms with Crippen LogP contribution in [0.1, 0.15) is 45.2 Å². The fourth-order valence-electron chi connectivity index (χ4n) is 1.24. The summed E-state index contributed by atoms with van der Waals surface area (Å²) in [6.07, 6.45) is 3.77. The maximum Gasteiger partial charge on any atom is 0.385 e. The zero-order valence-electron chi connectivity index (χ0n) is 20.6. The van der Waals surface area contributed by atoms with Crippen molar-refractivity contribution in [3.05, 3.63) is 0 Å². The number of terminal acetylenes is 1. The molecule has 0 radical (unpaired) electrons. The lowest BCUT2D eigenvalue weighted by molar-refractivity contribution is -0.153. The van der Waals surface area contributed by atoms with E-state index in [-0.39, 0.29) is 37.3 Å². The lowest BCUT2D eigenvalue weighted by Gasteiger charge is -2.12. The molecule has 0 rings (SSSR count). The largest absolute Gasteiger partial charge is 0.452 e. The van der Waals surface area contributed by atoms with Crippen LogP contribution in [0.5, 0.6) is 0 Å². The van der Waals surface area contributed by atoms with E-state index in [1.54, 1.807) is 6.92 Å². The standard InChI is InChI=1S/C30H10O5.C2H5NO.22H2/c1-3-5-7-9-11-13-14-15-17-19-21-23-25-30(33)35-28(26-31)27-34-29(32)24-22-20-18-16-12-10-8-6-4-2;1-2(3)4;;;;;;;;;;;;;;;;;;;;;;/h1,28,31H,26-27H2,2H3;1H3,(H2,3,4);22*1H/t28-;;;;;;;;;;;;;;;;;;;;;;;/m0......................./s1. The number of aliphatic hydroxyl groups excluding tert-OH is 1. The Morgan fingerprint density at radius 2 is 1.08 bits per heavy atom. The first kappa shape index (κ1) is 34.3. The van der Waals surface area contributed by atoms with Crippen LogP contribution in [0.3, 0.4) is 0 Å². The second-order valence-corrected chi connectivity index (χ2v) is 5.44. The molecule has 3 N–H and O–H groups in total. The summed E-state index contributed by atoms with van der Waals surface area (Å²) in [6, 6.07) is 0. The third-order valence-electron chi connectivity index (χ3n) is 2.47. The summed E-state index contributed by atoms with van der Waals surface area (Å²) in [5.41, 5.74) is 4.47. The van der Waals surface area contributed by atoms with E-state index in [9.17, 15) is 19.5 Å². The highest BCUT2D eigenvalue weighted by Gasteiger charge is 2.14. The molecule has 7 heteroatoms. The second-order valence-electron chi connectivity index (χ2n) is 5.44. The monoisotopic (exact) mass is 553 g/mol. The van der Waals surface area contributed by atoms with Crippen molar-refractivity contribution >= 4 is 17.8 Å². The third kappa shape index (κ3) is 31.1. The molecule has 0 unspecified atom stereocenters. The molecule has 1 amide bonds. The van der Waals surface area contributed by atoms with Crippen molar-refractivity contribution in [3.63, 3.8) is 0 Å². The molecule has 0 aromatic heterocycles. The van der Waals surface area contributed by atoms with Gasteiger partial charge in [0.25, 0.3) is 0 Å². The summed E-state index contributed by atoms with van der Waals surface area (Å²) in [7, 11) is 0. The number of carbonyl (C=O) groups excluding carboxylic acids is 3. The molecule has 0 saturated carbocycles. The smallest absolute Gasteiger partial charge is 0.385 e. The third-order valence-corrected chi connectivity index (χ3v) is 2.47. The summed E-state index contributed by atoms with van der Waals surface area (Å²) in [4.78, 5) is 32.3. The van der Waals surface area contributed by atoms with Crippen LogP contribution in [0, 0.1) is 143 Å². The first-order valence-electron chi connectivity index (χ1n) is 10.0. The SMILES string of the molecule is C#CC#CC#CC#CC#CC#CC#CC(=O)O[C@@H](CO)COC(=O)C#CC#CC#CC#CC#CC.CC(N)=O.[HH].[HH].[HH].[HH].[HH].[HH].[HH].[HH].[HH].[HH].[HH].[HH].[HH].[HH].[HH].[HH].[HH].[HH].[HH].[HH].[HH].[HH]. The van der Waals surface area contributed by atoms with Gasteiger partial charge in [-0.3, -0.25) is 4.79 Å². The molecular weight excluding hydrogens is 494 g/mol. The van der Waals surface area contributed by atoms with Crippen molar-refractivity contribution < 1.29 is 60.3 Å². The number of amides is 1. The topological polar surface area (TPSA) is 116 Å². The van der Waals surface area contributed by atoms with Crippen LogP contribution in [0.2, 0.25) is 0 Å². The van der Waals surface area contributed by atoms with Crippen LogP contribution in [0.4, 0.5) is 0 Å². The van der Waals surface area contributed by atoms with Gasteiger partial charge in [0.05, 0.1) is 6.61 Å². The summed E-state index contributed by atoms with van der Waals surface area (Å²) in [5, 5.41) is 9.22. The first-order valence-corrected chi connectivity index (χ1v) is 10.0. The van der Waals surface area contributed by atoms with Gasteiger partial charge in [-0.2, -0.15) is 0 Å². The highest BCUT2D eigenvalue weighted by Crippen LogP contribution is 1.94. The number of nitrogens with two attached hydrogens (primary N) is 1. The van der Waals surface area contributed by atoms with Crippen molar-refractivity contribution in [1.29, 1.82) is 0 Å². The average Bonchev–Trinajstić information content (AvgIpc) is 2.90. The molecule has 0 aliphatic rings. The van der Waals surface area contributed by atoms with E-state index in [0.717, 1.165) is 0 Å². The zero-order valence-corrected chi connectivity index (χ0v) is 20.6.